The summed E-state index contributed by atoms with van der Waals surface area (Å²) in [5.41, 5.74) is 0. The van der Waals surface area contributed by atoms with Crippen LogP contribution in [0.4, 0.5) is 0 Å². The summed E-state index contributed by atoms with van der Waals surface area (Å²) >= 11 is 0. The van der Waals surface area contributed by atoms with Gasteiger partial charge in [-0.05, 0) is 0 Å². The fraction of sp³-hybridized carbons (Fsp3) is 1.00. The molecule has 0 saturated heterocycles. The predicted octanol–water partition coefficient (Wildman–Crippen LogP) is -6.38. The van der Waals surface area contributed by atoms with Crippen LogP contribution in [0, 0.1) is 0 Å². The summed E-state index contributed by atoms with van der Waals surface area (Å²) in [5, 5.41) is 7.00. The first-order valence-corrected chi connectivity index (χ1v) is 0.447. The van der Waals surface area contributed by atoms with Gasteiger partial charge < -0.3 is 17.5 Å². The van der Waals surface area contributed by atoms with Crippen molar-refractivity contribution in [3.8, 4) is 0 Å². The maximum absolute atomic E-state index is 7.00. The van der Waals surface area contributed by atoms with Gasteiger partial charge in [-0.15, -0.1) is 0 Å². The predicted molar refractivity (Wildman–Crippen MR) is 8.14 cm³/mol. The summed E-state index contributed by atoms with van der Waals surface area (Å²) < 4.78 is 0. The van der Waals surface area contributed by atoms with Gasteiger partial charge in [-0.25, -0.2) is 0 Å². The second-order valence-corrected chi connectivity index (χ2v) is 0. The third kappa shape index (κ3) is 8.85. The zero-order chi connectivity index (χ0) is 2.00. The van der Waals surface area contributed by atoms with E-state index in [1.807, 2.05) is 0 Å². The van der Waals surface area contributed by atoms with Crippen LogP contribution in [-0.2, 0) is 0 Å². The molecule has 0 rings (SSSR count). The van der Waals surface area contributed by atoms with Crippen LogP contribution >= 0.6 is 0 Å². The molecule has 0 bridgehead atoms. The Morgan fingerprint density at radius 1 is 1.25 bits per heavy atom. The summed E-state index contributed by atoms with van der Waals surface area (Å²) in [4.78, 5) is 0. The van der Waals surface area contributed by atoms with Crippen molar-refractivity contribution in [3.63, 3.8) is 0 Å². The van der Waals surface area contributed by atoms with Gasteiger partial charge in [0.2, 0.25) is 0 Å². The molecule has 0 aromatic rings. The Bertz CT molecular complexity index is 8.00. The van der Waals surface area contributed by atoms with Crippen molar-refractivity contribution >= 4 is 0 Å². The van der Waals surface area contributed by atoms with Crippen molar-refractivity contribution in [3.05, 3.63) is 0 Å². The van der Waals surface area contributed by atoms with Crippen LogP contribution in [0.3, 0.4) is 0 Å². The molecule has 3 heteroatoms. The maximum atomic E-state index is 7.00. The molecule has 0 saturated carbocycles. The number of hydrogen-bond acceptors (Lipinski definition) is 1. The third-order valence-electron chi connectivity index (χ3n) is 0. The molecule has 1 N–H and O–H groups in total. The SMILES string of the molecule is CO.[Cl-].[Cs+]. The van der Waals surface area contributed by atoms with E-state index in [0.29, 0.717) is 0 Å². The summed E-state index contributed by atoms with van der Waals surface area (Å²) in [7, 11) is 1.00. The monoisotopic (exact) mass is 200 g/mol. The van der Waals surface area contributed by atoms with Crippen LogP contribution in [0.15, 0.2) is 0 Å². The van der Waals surface area contributed by atoms with Gasteiger partial charge in [0.05, 0.1) is 0 Å². The number of hydrogen-bond donors (Lipinski definition) is 1. The van der Waals surface area contributed by atoms with Gasteiger partial charge in [0.25, 0.3) is 0 Å². The van der Waals surface area contributed by atoms with E-state index in [0.717, 1.165) is 7.11 Å². The molecule has 0 spiro atoms. The Kier molecular flexibility index (Phi) is 75.2. The van der Waals surface area contributed by atoms with Gasteiger partial charge in [-0.1, -0.05) is 0 Å². The van der Waals surface area contributed by atoms with Crippen molar-refractivity contribution in [2.24, 2.45) is 0 Å². The molecule has 0 atom stereocenters. The molecule has 0 radical (unpaired) electrons. The molecule has 0 aliphatic heterocycles. The van der Waals surface area contributed by atoms with E-state index in [2.05, 4.69) is 0 Å². The molecule has 0 heterocycles. The number of rotatable bonds is 0. The van der Waals surface area contributed by atoms with Crippen LogP contribution < -0.4 is 81.3 Å². The Hall–Kier alpha value is 2.30. The van der Waals surface area contributed by atoms with E-state index in [1.54, 1.807) is 0 Å². The van der Waals surface area contributed by atoms with Crippen molar-refractivity contribution in [2.45, 2.75) is 0 Å². The average molecular weight is 200 g/mol. The second-order valence-electron chi connectivity index (χ2n) is 0. The minimum absolute atomic E-state index is 0. The van der Waals surface area contributed by atoms with E-state index >= 15 is 0 Å². The van der Waals surface area contributed by atoms with Crippen molar-refractivity contribution in [1.29, 1.82) is 0 Å². The van der Waals surface area contributed by atoms with Crippen molar-refractivity contribution in [2.75, 3.05) is 7.11 Å². The van der Waals surface area contributed by atoms with E-state index < -0.39 is 0 Å². The number of halogens is 1. The summed E-state index contributed by atoms with van der Waals surface area (Å²) in [6.07, 6.45) is 0. The van der Waals surface area contributed by atoms with E-state index in [4.69, 9.17) is 5.11 Å². The minimum Gasteiger partial charge on any atom is -1.00 e. The fourth-order valence-corrected chi connectivity index (χ4v) is 0. The third-order valence-corrected chi connectivity index (χ3v) is 0. The number of aliphatic hydroxyl groups is 1. The molecule has 0 aliphatic rings. The molecular weight excluding hydrogens is 196 g/mol. The normalized spacial score (nSPS) is 1.50. The Morgan fingerprint density at radius 3 is 1.25 bits per heavy atom. The minimum atomic E-state index is 0. The average Bonchev–Trinajstić information content (AvgIpc) is 1.00. The topological polar surface area (TPSA) is 20.2 Å². The van der Waals surface area contributed by atoms with Crippen LogP contribution in [0.1, 0.15) is 0 Å². The van der Waals surface area contributed by atoms with Crippen LogP contribution in [0.2, 0.25) is 0 Å². The molecule has 4 heavy (non-hydrogen) atoms. The van der Waals surface area contributed by atoms with E-state index in [1.165, 1.54) is 0 Å². The summed E-state index contributed by atoms with van der Waals surface area (Å²) in [6, 6.07) is 0. The van der Waals surface area contributed by atoms with Gasteiger partial charge in [0.15, 0.2) is 0 Å². The summed E-state index contributed by atoms with van der Waals surface area (Å²) in [5.74, 6) is 0. The molecule has 1 nitrogen and oxygen atoms in total. The zero-order valence-electron chi connectivity index (χ0n) is 2.83. The van der Waals surface area contributed by atoms with Crippen LogP contribution in [-0.4, -0.2) is 12.2 Å². The van der Waals surface area contributed by atoms with Crippen molar-refractivity contribution in [1.82, 2.24) is 0 Å². The first kappa shape index (κ1) is 16.2. The molecule has 0 aromatic heterocycles. The van der Waals surface area contributed by atoms with Gasteiger partial charge in [0, 0.05) is 7.11 Å². The van der Waals surface area contributed by atoms with Gasteiger partial charge in [0.1, 0.15) is 0 Å². The molecule has 0 aromatic carbocycles. The van der Waals surface area contributed by atoms with Gasteiger partial charge in [-0.3, -0.25) is 0 Å². The molecule has 0 aliphatic carbocycles. The van der Waals surface area contributed by atoms with Crippen molar-refractivity contribution < 1.29 is 86.4 Å². The largest absolute Gasteiger partial charge is 1.00 e. The van der Waals surface area contributed by atoms with E-state index in [-0.39, 0.29) is 81.3 Å². The number of aliphatic hydroxyl groups excluding tert-OH is 1. The van der Waals surface area contributed by atoms with Crippen LogP contribution in [0.25, 0.3) is 0 Å². The first-order chi connectivity index (χ1) is 1.00. The molecular formula is CH4ClCsO. The maximum Gasteiger partial charge on any atom is 1.00 e. The Morgan fingerprint density at radius 2 is 1.25 bits per heavy atom. The Labute approximate surface area is 91.0 Å². The van der Waals surface area contributed by atoms with Gasteiger partial charge in [-0.2, -0.15) is 0 Å². The first-order valence-electron chi connectivity index (χ1n) is 0.447. The summed E-state index contributed by atoms with van der Waals surface area (Å²) in [6.45, 7) is 0. The zero-order valence-corrected chi connectivity index (χ0v) is 9.86. The Balaban J connectivity index is -0.00000000500. The quantitative estimate of drug-likeness (QED) is 0.412. The van der Waals surface area contributed by atoms with Crippen LogP contribution in [0.5, 0.6) is 0 Å². The molecule has 0 fully saturated rings. The molecule has 0 unspecified atom stereocenters. The van der Waals surface area contributed by atoms with Gasteiger partial charge >= 0.3 is 68.9 Å². The fourth-order valence-electron chi connectivity index (χ4n) is 0. The standard InChI is InChI=1S/CH4O.ClH.Cs/c1-2;;/h2H,1H3;1H;/q;;+1/p-1. The second kappa shape index (κ2) is 18.5. The van der Waals surface area contributed by atoms with E-state index in [9.17, 15) is 0 Å². The molecule has 22 valence electrons. The molecule has 0 amide bonds. The smallest absolute Gasteiger partial charge is 1.00 e.